The van der Waals surface area contributed by atoms with Crippen LogP contribution < -0.4 is 10.6 Å². The molecular weight excluding hydrogens is 362 g/mol. The summed E-state index contributed by atoms with van der Waals surface area (Å²) in [5.41, 5.74) is 0.510. The van der Waals surface area contributed by atoms with Crippen molar-refractivity contribution in [1.82, 2.24) is 25.4 Å². The van der Waals surface area contributed by atoms with Gasteiger partial charge in [0.2, 0.25) is 5.91 Å². The number of imide groups is 1. The first-order chi connectivity index (χ1) is 12.7. The summed E-state index contributed by atoms with van der Waals surface area (Å²) in [5.74, 6) is 0.312. The van der Waals surface area contributed by atoms with Crippen molar-refractivity contribution in [3.63, 3.8) is 0 Å². The van der Waals surface area contributed by atoms with E-state index in [0.717, 1.165) is 5.56 Å². The third-order valence-corrected chi connectivity index (χ3v) is 4.52. The lowest BCUT2D eigenvalue weighted by atomic mass is 10.1. The van der Waals surface area contributed by atoms with Gasteiger partial charge in [-0.3, -0.25) is 14.7 Å². The number of benzene rings is 1. The van der Waals surface area contributed by atoms with Gasteiger partial charge in [0.25, 0.3) is 0 Å². The lowest BCUT2D eigenvalue weighted by Gasteiger charge is -2.21. The van der Waals surface area contributed by atoms with Gasteiger partial charge in [0.15, 0.2) is 11.0 Å². The highest BCUT2D eigenvalue weighted by Crippen LogP contribution is 2.26. The third-order valence-electron chi connectivity index (χ3n) is 3.44. The first-order valence-corrected chi connectivity index (χ1v) is 9.48. The maximum absolute atomic E-state index is 12.3. The Balaban J connectivity index is 2.12. The van der Waals surface area contributed by atoms with Crippen LogP contribution in [0, 0.1) is 0 Å². The zero-order valence-electron chi connectivity index (χ0n) is 16.0. The molecule has 0 bridgehead atoms. The largest absolute Gasteiger partial charge is 0.333 e. The monoisotopic (exact) mass is 387 g/mol. The Morgan fingerprint density at radius 2 is 1.93 bits per heavy atom. The fraction of sp³-hybridized carbons (Fsp3) is 0.368. The first kappa shape index (κ1) is 20.7. The highest BCUT2D eigenvalue weighted by atomic mass is 32.2. The fourth-order valence-electron chi connectivity index (χ4n) is 2.27. The number of allylic oxidation sites excluding steroid dienone is 1. The minimum absolute atomic E-state index is 0.392. The number of thioether (sulfide) groups is 1. The number of carbonyl (C=O) groups excluding carboxylic acids is 2. The van der Waals surface area contributed by atoms with Crippen LogP contribution in [0.25, 0.3) is 11.4 Å². The molecular formula is C19H25N5O2S. The van der Waals surface area contributed by atoms with E-state index in [4.69, 9.17) is 0 Å². The SMILES string of the molecule is C=CCn1c(SC(C)C(=O)NC(=O)NC(C)(C)C)nnc1-c1ccccc1. The number of nitrogens with zero attached hydrogens (tertiary/aromatic N) is 3. The highest BCUT2D eigenvalue weighted by Gasteiger charge is 2.23. The molecule has 1 unspecified atom stereocenters. The molecule has 1 aromatic heterocycles. The second kappa shape index (κ2) is 8.85. The van der Waals surface area contributed by atoms with Gasteiger partial charge in [0.1, 0.15) is 0 Å². The Labute approximate surface area is 163 Å². The van der Waals surface area contributed by atoms with Gasteiger partial charge in [0.05, 0.1) is 5.25 Å². The summed E-state index contributed by atoms with van der Waals surface area (Å²) < 4.78 is 1.89. The van der Waals surface area contributed by atoms with Crippen LogP contribution in [-0.4, -0.2) is 37.5 Å². The Bertz CT molecular complexity index is 811. The van der Waals surface area contributed by atoms with Crippen molar-refractivity contribution >= 4 is 23.7 Å². The van der Waals surface area contributed by atoms with E-state index in [2.05, 4.69) is 27.4 Å². The van der Waals surface area contributed by atoms with Gasteiger partial charge in [-0.25, -0.2) is 4.79 Å². The molecule has 2 rings (SSSR count). The maximum Gasteiger partial charge on any atom is 0.321 e. The first-order valence-electron chi connectivity index (χ1n) is 8.60. The molecule has 0 aliphatic carbocycles. The predicted molar refractivity (Wildman–Crippen MR) is 107 cm³/mol. The Morgan fingerprint density at radius 1 is 1.26 bits per heavy atom. The number of urea groups is 1. The molecule has 8 heteroatoms. The number of nitrogens with one attached hydrogen (secondary N) is 2. The second-order valence-corrected chi connectivity index (χ2v) is 8.33. The standard InChI is InChI=1S/C19H25N5O2S/c1-6-12-24-15(14-10-8-7-9-11-14)22-23-18(24)27-13(2)16(25)20-17(26)21-19(3,4)5/h6-11,13H,1,12H2,2-5H3,(H2,20,21,25,26). The summed E-state index contributed by atoms with van der Waals surface area (Å²) >= 11 is 1.24. The average molecular weight is 388 g/mol. The van der Waals surface area contributed by atoms with Gasteiger partial charge < -0.3 is 5.32 Å². The summed E-state index contributed by atoms with van der Waals surface area (Å²) in [6.45, 7) is 11.6. The third kappa shape index (κ3) is 5.96. The predicted octanol–water partition coefficient (Wildman–Crippen LogP) is 3.24. The highest BCUT2D eigenvalue weighted by molar-refractivity contribution is 8.00. The molecule has 0 saturated carbocycles. The topological polar surface area (TPSA) is 88.9 Å². The van der Waals surface area contributed by atoms with E-state index in [1.165, 1.54) is 11.8 Å². The molecule has 0 fully saturated rings. The normalized spacial score (nSPS) is 12.3. The van der Waals surface area contributed by atoms with Crippen LogP contribution in [0.4, 0.5) is 4.79 Å². The van der Waals surface area contributed by atoms with Crippen molar-refractivity contribution in [2.24, 2.45) is 0 Å². The van der Waals surface area contributed by atoms with E-state index in [9.17, 15) is 9.59 Å². The molecule has 0 spiro atoms. The van der Waals surface area contributed by atoms with Crippen molar-refractivity contribution in [3.8, 4) is 11.4 Å². The van der Waals surface area contributed by atoms with Crippen LogP contribution in [0.5, 0.6) is 0 Å². The van der Waals surface area contributed by atoms with E-state index in [1.807, 2.05) is 55.7 Å². The van der Waals surface area contributed by atoms with Crippen LogP contribution in [0.3, 0.4) is 0 Å². The molecule has 2 aromatic rings. The molecule has 1 aromatic carbocycles. The lowest BCUT2D eigenvalue weighted by molar-refractivity contribution is -0.119. The van der Waals surface area contributed by atoms with Gasteiger partial charge in [-0.05, 0) is 27.7 Å². The Hall–Kier alpha value is -2.61. The van der Waals surface area contributed by atoms with E-state index >= 15 is 0 Å². The van der Waals surface area contributed by atoms with Crippen LogP contribution in [0.2, 0.25) is 0 Å². The number of rotatable bonds is 6. The molecule has 3 amide bonds. The zero-order chi connectivity index (χ0) is 20.0. The van der Waals surface area contributed by atoms with Gasteiger partial charge >= 0.3 is 6.03 Å². The fourth-order valence-corrected chi connectivity index (χ4v) is 3.13. The minimum Gasteiger partial charge on any atom is -0.333 e. The van der Waals surface area contributed by atoms with E-state index in [1.54, 1.807) is 13.0 Å². The van der Waals surface area contributed by atoms with Gasteiger partial charge in [-0.1, -0.05) is 48.2 Å². The second-order valence-electron chi connectivity index (χ2n) is 7.02. The molecule has 1 heterocycles. The van der Waals surface area contributed by atoms with E-state index in [0.29, 0.717) is 17.5 Å². The van der Waals surface area contributed by atoms with Crippen LogP contribution in [-0.2, 0) is 11.3 Å². The number of aromatic nitrogens is 3. The Kier molecular flexibility index (Phi) is 6.79. The summed E-state index contributed by atoms with van der Waals surface area (Å²) in [5, 5.41) is 13.6. The van der Waals surface area contributed by atoms with Crippen molar-refractivity contribution < 1.29 is 9.59 Å². The number of hydrogen-bond donors (Lipinski definition) is 2. The van der Waals surface area contributed by atoms with E-state index in [-0.39, 0.29) is 0 Å². The molecule has 0 radical (unpaired) electrons. The molecule has 0 aliphatic rings. The molecule has 1 atom stereocenters. The van der Waals surface area contributed by atoms with Gasteiger partial charge in [-0.15, -0.1) is 16.8 Å². The van der Waals surface area contributed by atoms with Crippen molar-refractivity contribution in [3.05, 3.63) is 43.0 Å². The summed E-state index contributed by atoms with van der Waals surface area (Å²) in [7, 11) is 0. The summed E-state index contributed by atoms with van der Waals surface area (Å²) in [6, 6.07) is 9.17. The van der Waals surface area contributed by atoms with Crippen molar-refractivity contribution in [2.45, 2.75) is 50.2 Å². The van der Waals surface area contributed by atoms with Gasteiger partial charge in [0, 0.05) is 17.6 Å². The molecule has 0 saturated heterocycles. The number of amides is 3. The smallest absolute Gasteiger partial charge is 0.321 e. The number of hydrogen-bond acceptors (Lipinski definition) is 5. The Morgan fingerprint density at radius 3 is 2.52 bits per heavy atom. The van der Waals surface area contributed by atoms with E-state index < -0.39 is 22.7 Å². The lowest BCUT2D eigenvalue weighted by Crippen LogP contribution is -2.49. The molecule has 2 N–H and O–H groups in total. The summed E-state index contributed by atoms with van der Waals surface area (Å²) in [4.78, 5) is 24.2. The minimum atomic E-state index is -0.521. The molecule has 0 aliphatic heterocycles. The molecule has 7 nitrogen and oxygen atoms in total. The molecule has 144 valence electrons. The van der Waals surface area contributed by atoms with Crippen LogP contribution >= 0.6 is 11.8 Å². The van der Waals surface area contributed by atoms with Crippen LogP contribution in [0.15, 0.2) is 48.1 Å². The number of carbonyl (C=O) groups is 2. The molecule has 27 heavy (non-hydrogen) atoms. The van der Waals surface area contributed by atoms with Crippen molar-refractivity contribution in [1.29, 1.82) is 0 Å². The van der Waals surface area contributed by atoms with Crippen LogP contribution in [0.1, 0.15) is 27.7 Å². The van der Waals surface area contributed by atoms with Gasteiger partial charge in [-0.2, -0.15) is 0 Å². The van der Waals surface area contributed by atoms with Crippen molar-refractivity contribution in [2.75, 3.05) is 0 Å². The average Bonchev–Trinajstić information content (AvgIpc) is 2.96. The quantitative estimate of drug-likeness (QED) is 0.587. The zero-order valence-corrected chi connectivity index (χ0v) is 16.8. The summed E-state index contributed by atoms with van der Waals surface area (Å²) in [6.07, 6.45) is 1.75. The maximum atomic E-state index is 12.3.